The lowest BCUT2D eigenvalue weighted by molar-refractivity contribution is 0.476. The number of hydrogen-bond donors (Lipinski definition) is 1. The molecule has 0 aliphatic rings. The number of phenolic OH excluding ortho intramolecular Hbond substituents is 1. The Labute approximate surface area is 113 Å². The Morgan fingerprint density at radius 1 is 1.05 bits per heavy atom. The van der Waals surface area contributed by atoms with Crippen LogP contribution in [0.4, 0.5) is 4.39 Å². The molecular formula is C14H8ClFN2O. The van der Waals surface area contributed by atoms with Gasteiger partial charge in [0.25, 0.3) is 0 Å². The van der Waals surface area contributed by atoms with Crippen molar-refractivity contribution < 1.29 is 9.50 Å². The average Bonchev–Trinajstić information content (AvgIpc) is 2.39. The molecule has 1 aromatic heterocycles. The van der Waals surface area contributed by atoms with E-state index in [0.29, 0.717) is 22.3 Å². The third-order valence-electron chi connectivity index (χ3n) is 2.72. The number of aromatic hydroxyl groups is 1. The van der Waals surface area contributed by atoms with Gasteiger partial charge >= 0.3 is 0 Å². The van der Waals surface area contributed by atoms with Gasteiger partial charge in [-0.25, -0.2) is 14.4 Å². The van der Waals surface area contributed by atoms with E-state index in [1.807, 2.05) is 0 Å². The Balaban J connectivity index is 2.24. The number of hydrogen-bond acceptors (Lipinski definition) is 3. The maximum Gasteiger partial charge on any atom is 0.161 e. The van der Waals surface area contributed by atoms with Gasteiger partial charge < -0.3 is 5.11 Å². The van der Waals surface area contributed by atoms with Gasteiger partial charge in [-0.2, -0.15) is 0 Å². The Hall–Kier alpha value is -2.20. The molecule has 0 saturated heterocycles. The fraction of sp³-hybridized carbons (Fsp3) is 0. The Bertz CT molecular complexity index is 776. The summed E-state index contributed by atoms with van der Waals surface area (Å²) in [5, 5.41) is 10.2. The van der Waals surface area contributed by atoms with E-state index in [-0.39, 0.29) is 16.7 Å². The lowest BCUT2D eigenvalue weighted by Gasteiger charge is -2.05. The summed E-state index contributed by atoms with van der Waals surface area (Å²) in [5.41, 5.74) is 1.15. The number of aromatic nitrogens is 2. The van der Waals surface area contributed by atoms with E-state index in [0.717, 1.165) is 0 Å². The van der Waals surface area contributed by atoms with E-state index in [1.54, 1.807) is 18.2 Å². The molecule has 3 aromatic rings. The SMILES string of the molecule is Oc1ccc2nc(-c3cccc(F)c3)nc(Cl)c2c1. The fourth-order valence-electron chi connectivity index (χ4n) is 1.84. The third kappa shape index (κ3) is 2.22. The molecule has 3 rings (SSSR count). The van der Waals surface area contributed by atoms with Gasteiger partial charge in [-0.3, -0.25) is 0 Å². The minimum absolute atomic E-state index is 0.0940. The van der Waals surface area contributed by atoms with Crippen LogP contribution in [-0.2, 0) is 0 Å². The molecule has 0 radical (unpaired) electrons. The van der Waals surface area contributed by atoms with Gasteiger partial charge in [0.05, 0.1) is 5.52 Å². The number of nitrogens with zero attached hydrogens (tertiary/aromatic N) is 2. The Morgan fingerprint density at radius 2 is 1.89 bits per heavy atom. The molecule has 3 nitrogen and oxygen atoms in total. The minimum atomic E-state index is -0.358. The van der Waals surface area contributed by atoms with Crippen LogP contribution in [0.5, 0.6) is 5.75 Å². The van der Waals surface area contributed by atoms with Crippen LogP contribution >= 0.6 is 11.6 Å². The first kappa shape index (κ1) is 11.9. The van der Waals surface area contributed by atoms with Gasteiger partial charge in [-0.1, -0.05) is 23.7 Å². The minimum Gasteiger partial charge on any atom is -0.508 e. The van der Waals surface area contributed by atoms with Crippen molar-refractivity contribution in [3.05, 3.63) is 53.4 Å². The number of rotatable bonds is 1. The second kappa shape index (κ2) is 4.48. The zero-order valence-electron chi connectivity index (χ0n) is 9.64. The van der Waals surface area contributed by atoms with Crippen LogP contribution < -0.4 is 0 Å². The molecule has 0 unspecified atom stereocenters. The van der Waals surface area contributed by atoms with Crippen LogP contribution in [0.1, 0.15) is 0 Å². The molecule has 1 N–H and O–H groups in total. The van der Waals surface area contributed by atoms with Crippen molar-refractivity contribution in [3.63, 3.8) is 0 Å². The van der Waals surface area contributed by atoms with Crippen molar-refractivity contribution in [2.24, 2.45) is 0 Å². The van der Waals surface area contributed by atoms with E-state index in [2.05, 4.69) is 9.97 Å². The summed E-state index contributed by atoms with van der Waals surface area (Å²) in [7, 11) is 0. The van der Waals surface area contributed by atoms with Crippen molar-refractivity contribution in [1.82, 2.24) is 9.97 Å². The lowest BCUT2D eigenvalue weighted by atomic mass is 10.2. The van der Waals surface area contributed by atoms with Crippen LogP contribution in [0.2, 0.25) is 5.15 Å². The standard InChI is InChI=1S/C14H8ClFN2O/c15-13-11-7-10(19)4-5-12(11)17-14(18-13)8-2-1-3-9(16)6-8/h1-7,19H. The fourth-order valence-corrected chi connectivity index (χ4v) is 2.07. The van der Waals surface area contributed by atoms with Crippen molar-refractivity contribution in [2.75, 3.05) is 0 Å². The Kier molecular flexibility index (Phi) is 2.80. The van der Waals surface area contributed by atoms with Gasteiger partial charge in [0.1, 0.15) is 16.7 Å². The maximum absolute atomic E-state index is 13.2. The molecule has 0 saturated carbocycles. The summed E-state index contributed by atoms with van der Waals surface area (Å²) in [5.74, 6) is 0.0854. The molecule has 0 amide bonds. The average molecular weight is 275 g/mol. The monoisotopic (exact) mass is 274 g/mol. The second-order valence-electron chi connectivity index (χ2n) is 4.05. The molecule has 5 heteroatoms. The smallest absolute Gasteiger partial charge is 0.161 e. The van der Waals surface area contributed by atoms with Crippen LogP contribution in [0.3, 0.4) is 0 Å². The summed E-state index contributed by atoms with van der Waals surface area (Å²) < 4.78 is 13.2. The first-order chi connectivity index (χ1) is 9.13. The van der Waals surface area contributed by atoms with Crippen LogP contribution in [0.25, 0.3) is 22.3 Å². The summed E-state index contributed by atoms with van der Waals surface area (Å²) >= 11 is 6.07. The largest absolute Gasteiger partial charge is 0.508 e. The van der Waals surface area contributed by atoms with Gasteiger partial charge in [0.2, 0.25) is 0 Å². The highest BCUT2D eigenvalue weighted by atomic mass is 35.5. The normalized spacial score (nSPS) is 10.8. The number of fused-ring (bicyclic) bond motifs is 1. The Morgan fingerprint density at radius 3 is 2.68 bits per heavy atom. The van der Waals surface area contributed by atoms with E-state index in [1.165, 1.54) is 24.3 Å². The van der Waals surface area contributed by atoms with Gasteiger partial charge in [-0.05, 0) is 30.3 Å². The van der Waals surface area contributed by atoms with Crippen LogP contribution in [-0.4, -0.2) is 15.1 Å². The molecule has 94 valence electrons. The summed E-state index contributed by atoms with van der Waals surface area (Å²) in [6.45, 7) is 0. The molecule has 1 heterocycles. The molecule has 0 aliphatic carbocycles. The first-order valence-corrected chi connectivity index (χ1v) is 5.93. The highest BCUT2D eigenvalue weighted by Gasteiger charge is 2.09. The molecule has 0 spiro atoms. The van der Waals surface area contributed by atoms with E-state index >= 15 is 0 Å². The highest BCUT2D eigenvalue weighted by molar-refractivity contribution is 6.34. The van der Waals surface area contributed by atoms with E-state index in [9.17, 15) is 9.50 Å². The van der Waals surface area contributed by atoms with Crippen molar-refractivity contribution in [1.29, 1.82) is 0 Å². The topological polar surface area (TPSA) is 46.0 Å². The second-order valence-corrected chi connectivity index (χ2v) is 4.41. The van der Waals surface area contributed by atoms with Crippen molar-refractivity contribution in [3.8, 4) is 17.1 Å². The number of halogens is 2. The third-order valence-corrected chi connectivity index (χ3v) is 3.00. The van der Waals surface area contributed by atoms with Gasteiger partial charge in [0, 0.05) is 10.9 Å². The quantitative estimate of drug-likeness (QED) is 0.687. The van der Waals surface area contributed by atoms with E-state index < -0.39 is 0 Å². The summed E-state index contributed by atoms with van der Waals surface area (Å²) in [6, 6.07) is 10.6. The molecule has 19 heavy (non-hydrogen) atoms. The van der Waals surface area contributed by atoms with Crippen LogP contribution in [0, 0.1) is 5.82 Å². The molecule has 0 bridgehead atoms. The summed E-state index contributed by atoms with van der Waals surface area (Å²) in [6.07, 6.45) is 0. The lowest BCUT2D eigenvalue weighted by Crippen LogP contribution is -1.92. The molecule has 2 aromatic carbocycles. The molecule has 0 atom stereocenters. The molecule has 0 fully saturated rings. The van der Waals surface area contributed by atoms with Crippen molar-refractivity contribution >= 4 is 22.5 Å². The zero-order chi connectivity index (χ0) is 13.4. The van der Waals surface area contributed by atoms with Crippen LogP contribution in [0.15, 0.2) is 42.5 Å². The van der Waals surface area contributed by atoms with Gasteiger partial charge in [-0.15, -0.1) is 0 Å². The van der Waals surface area contributed by atoms with Crippen molar-refractivity contribution in [2.45, 2.75) is 0 Å². The first-order valence-electron chi connectivity index (χ1n) is 5.56. The molecule has 0 aliphatic heterocycles. The van der Waals surface area contributed by atoms with E-state index in [4.69, 9.17) is 11.6 Å². The predicted octanol–water partition coefficient (Wildman–Crippen LogP) is 3.79. The number of phenols is 1. The highest BCUT2D eigenvalue weighted by Crippen LogP contribution is 2.27. The van der Waals surface area contributed by atoms with Gasteiger partial charge in [0.15, 0.2) is 5.82 Å². The number of benzene rings is 2. The maximum atomic E-state index is 13.2. The molecular weight excluding hydrogens is 267 g/mol. The predicted molar refractivity (Wildman–Crippen MR) is 71.6 cm³/mol. The zero-order valence-corrected chi connectivity index (χ0v) is 10.4. The summed E-state index contributed by atoms with van der Waals surface area (Å²) in [4.78, 5) is 8.45.